The van der Waals surface area contributed by atoms with Crippen molar-refractivity contribution in [2.75, 3.05) is 13.7 Å². The van der Waals surface area contributed by atoms with E-state index in [2.05, 4.69) is 13.0 Å². The smallest absolute Gasteiger partial charge is 0.120 e. The first-order valence-electron chi connectivity index (χ1n) is 7.40. The van der Waals surface area contributed by atoms with E-state index in [0.29, 0.717) is 0 Å². The minimum atomic E-state index is 0.742. The average Bonchev–Trinajstić information content (AvgIpc) is 2.87. The Morgan fingerprint density at radius 3 is 2.85 bits per heavy atom. The molecular weight excluding hydrogens is 268 g/mol. The zero-order valence-electron chi connectivity index (χ0n) is 12.4. The Balaban J connectivity index is 2.02. The Kier molecular flexibility index (Phi) is 5.80. The highest BCUT2D eigenvalue weighted by Crippen LogP contribution is 2.28. The van der Waals surface area contributed by atoms with Crippen LogP contribution in [0, 0.1) is 5.92 Å². The lowest BCUT2D eigenvalue weighted by Crippen LogP contribution is -2.09. The third-order valence-corrected chi connectivity index (χ3v) is 4.76. The number of fused-ring (bicyclic) bond motifs is 1. The summed E-state index contributed by atoms with van der Waals surface area (Å²) >= 11 is 1.78. The van der Waals surface area contributed by atoms with Gasteiger partial charge in [0, 0.05) is 0 Å². The van der Waals surface area contributed by atoms with Gasteiger partial charge in [-0.1, -0.05) is 19.8 Å². The summed E-state index contributed by atoms with van der Waals surface area (Å²) in [6, 6.07) is 6.08. The van der Waals surface area contributed by atoms with Crippen LogP contribution in [0.4, 0.5) is 0 Å². The summed E-state index contributed by atoms with van der Waals surface area (Å²) < 4.78 is 6.47. The first-order chi connectivity index (χ1) is 9.76. The van der Waals surface area contributed by atoms with Crippen LogP contribution in [-0.2, 0) is 6.42 Å². The van der Waals surface area contributed by atoms with Crippen molar-refractivity contribution in [1.29, 1.82) is 0 Å². The van der Waals surface area contributed by atoms with Crippen molar-refractivity contribution in [2.45, 2.75) is 39.0 Å². The number of nitrogens with zero attached hydrogens (tertiary/aromatic N) is 1. The molecule has 0 bridgehead atoms. The molecule has 1 unspecified atom stereocenters. The predicted molar refractivity (Wildman–Crippen MR) is 86.6 cm³/mol. The van der Waals surface area contributed by atoms with Crippen molar-refractivity contribution in [3.05, 3.63) is 23.2 Å². The molecule has 0 spiro atoms. The molecule has 0 aliphatic carbocycles. The van der Waals surface area contributed by atoms with Gasteiger partial charge in [0.15, 0.2) is 0 Å². The second kappa shape index (κ2) is 7.60. The first kappa shape index (κ1) is 15.3. The number of aryl methyl sites for hydroxylation is 1. The van der Waals surface area contributed by atoms with Gasteiger partial charge in [0.1, 0.15) is 5.75 Å². The van der Waals surface area contributed by atoms with E-state index >= 15 is 0 Å². The molecule has 2 rings (SSSR count). The van der Waals surface area contributed by atoms with Crippen molar-refractivity contribution in [3.8, 4) is 5.75 Å². The normalized spacial score (nSPS) is 12.8. The third kappa shape index (κ3) is 3.93. The predicted octanol–water partition coefficient (Wildman–Crippen LogP) is 4.00. The molecular formula is C16H24N2OS. The van der Waals surface area contributed by atoms with Gasteiger partial charge in [-0.05, 0) is 49.9 Å². The molecule has 4 heteroatoms. The first-order valence-corrected chi connectivity index (χ1v) is 8.22. The SMILES string of the molecule is CCCC(CCN)CCc1nc2ccc(OC)cc2s1. The molecule has 20 heavy (non-hydrogen) atoms. The van der Waals surface area contributed by atoms with Crippen LogP contribution in [0.3, 0.4) is 0 Å². The van der Waals surface area contributed by atoms with E-state index in [-0.39, 0.29) is 0 Å². The molecule has 1 aromatic heterocycles. The number of ether oxygens (including phenoxy) is 1. The fourth-order valence-corrected chi connectivity index (χ4v) is 3.60. The van der Waals surface area contributed by atoms with Gasteiger partial charge < -0.3 is 10.5 Å². The lowest BCUT2D eigenvalue weighted by atomic mass is 9.95. The van der Waals surface area contributed by atoms with Gasteiger partial charge in [-0.25, -0.2) is 4.98 Å². The van der Waals surface area contributed by atoms with Crippen molar-refractivity contribution < 1.29 is 4.74 Å². The minimum absolute atomic E-state index is 0.742. The minimum Gasteiger partial charge on any atom is -0.497 e. The fraction of sp³-hybridized carbons (Fsp3) is 0.562. The van der Waals surface area contributed by atoms with E-state index in [0.717, 1.165) is 36.6 Å². The number of hydrogen-bond donors (Lipinski definition) is 1. The highest BCUT2D eigenvalue weighted by molar-refractivity contribution is 7.18. The zero-order valence-corrected chi connectivity index (χ0v) is 13.2. The second-order valence-electron chi connectivity index (χ2n) is 5.21. The van der Waals surface area contributed by atoms with E-state index in [4.69, 9.17) is 15.5 Å². The molecule has 0 fully saturated rings. The van der Waals surface area contributed by atoms with E-state index in [1.807, 2.05) is 12.1 Å². The Labute approximate surface area is 125 Å². The van der Waals surface area contributed by atoms with E-state index < -0.39 is 0 Å². The van der Waals surface area contributed by atoms with Crippen LogP contribution in [0.25, 0.3) is 10.2 Å². The van der Waals surface area contributed by atoms with Crippen LogP contribution in [0.1, 0.15) is 37.6 Å². The van der Waals surface area contributed by atoms with Crippen molar-refractivity contribution in [1.82, 2.24) is 4.98 Å². The van der Waals surface area contributed by atoms with Crippen LogP contribution in [0.5, 0.6) is 5.75 Å². The van der Waals surface area contributed by atoms with Crippen LogP contribution < -0.4 is 10.5 Å². The fourth-order valence-electron chi connectivity index (χ4n) is 2.59. The molecule has 0 saturated carbocycles. The maximum absolute atomic E-state index is 5.69. The lowest BCUT2D eigenvalue weighted by molar-refractivity contribution is 0.415. The van der Waals surface area contributed by atoms with Gasteiger partial charge in [-0.3, -0.25) is 0 Å². The maximum atomic E-state index is 5.69. The van der Waals surface area contributed by atoms with Gasteiger partial charge in [-0.15, -0.1) is 11.3 Å². The van der Waals surface area contributed by atoms with Gasteiger partial charge in [0.05, 0.1) is 22.3 Å². The standard InChI is InChI=1S/C16H24N2OS/c1-3-4-12(9-10-17)5-8-16-18-14-7-6-13(19-2)11-15(14)20-16/h6-7,11-12H,3-5,8-10,17H2,1-2H3. The number of methoxy groups -OCH3 is 1. The molecule has 0 radical (unpaired) electrons. The van der Waals surface area contributed by atoms with Gasteiger partial charge >= 0.3 is 0 Å². The number of thiazole rings is 1. The molecule has 1 atom stereocenters. The number of nitrogens with two attached hydrogens (primary N) is 1. The zero-order chi connectivity index (χ0) is 14.4. The summed E-state index contributed by atoms with van der Waals surface area (Å²) in [5, 5.41) is 1.23. The third-order valence-electron chi connectivity index (χ3n) is 3.68. The van der Waals surface area contributed by atoms with Crippen LogP contribution in [0.15, 0.2) is 18.2 Å². The van der Waals surface area contributed by atoms with E-state index in [1.165, 1.54) is 29.0 Å². The van der Waals surface area contributed by atoms with Crippen LogP contribution in [0.2, 0.25) is 0 Å². The topological polar surface area (TPSA) is 48.1 Å². The summed E-state index contributed by atoms with van der Waals surface area (Å²) in [7, 11) is 1.70. The molecule has 1 aromatic carbocycles. The lowest BCUT2D eigenvalue weighted by Gasteiger charge is -2.13. The summed E-state index contributed by atoms with van der Waals surface area (Å²) in [6.45, 7) is 3.04. The Morgan fingerprint density at radius 2 is 2.15 bits per heavy atom. The van der Waals surface area contributed by atoms with Crippen molar-refractivity contribution in [2.24, 2.45) is 11.7 Å². The molecule has 0 aliphatic rings. The number of benzene rings is 1. The van der Waals surface area contributed by atoms with Gasteiger partial charge in [-0.2, -0.15) is 0 Å². The maximum Gasteiger partial charge on any atom is 0.120 e. The van der Waals surface area contributed by atoms with Gasteiger partial charge in [0.25, 0.3) is 0 Å². The molecule has 110 valence electrons. The molecule has 0 saturated heterocycles. The van der Waals surface area contributed by atoms with Gasteiger partial charge in [0.2, 0.25) is 0 Å². The number of rotatable bonds is 8. The molecule has 2 aromatic rings. The summed E-state index contributed by atoms with van der Waals surface area (Å²) in [5.74, 6) is 1.64. The average molecular weight is 292 g/mol. The number of aromatic nitrogens is 1. The largest absolute Gasteiger partial charge is 0.497 e. The molecule has 0 amide bonds. The van der Waals surface area contributed by atoms with E-state index in [9.17, 15) is 0 Å². The number of hydrogen-bond acceptors (Lipinski definition) is 4. The van der Waals surface area contributed by atoms with Crippen molar-refractivity contribution >= 4 is 21.6 Å². The van der Waals surface area contributed by atoms with E-state index in [1.54, 1.807) is 18.4 Å². The summed E-state index contributed by atoms with van der Waals surface area (Å²) in [4.78, 5) is 4.71. The highest BCUT2D eigenvalue weighted by Gasteiger charge is 2.10. The summed E-state index contributed by atoms with van der Waals surface area (Å²) in [6.07, 6.45) is 5.90. The monoisotopic (exact) mass is 292 g/mol. The quantitative estimate of drug-likeness (QED) is 0.800. The molecule has 3 nitrogen and oxygen atoms in total. The van der Waals surface area contributed by atoms with Crippen molar-refractivity contribution in [3.63, 3.8) is 0 Å². The molecule has 0 aliphatic heterocycles. The Bertz CT molecular complexity index is 532. The second-order valence-corrected chi connectivity index (χ2v) is 6.33. The Hall–Kier alpha value is -1.13. The van der Waals surface area contributed by atoms with Crippen LogP contribution >= 0.6 is 11.3 Å². The summed E-state index contributed by atoms with van der Waals surface area (Å²) in [5.41, 5.74) is 6.78. The molecule has 2 N–H and O–H groups in total. The van der Waals surface area contributed by atoms with Crippen LogP contribution in [-0.4, -0.2) is 18.6 Å². The molecule has 1 heterocycles. The Morgan fingerprint density at radius 1 is 1.30 bits per heavy atom. The highest BCUT2D eigenvalue weighted by atomic mass is 32.1.